The molecule has 3 N–H and O–H groups in total. The van der Waals surface area contributed by atoms with Crippen LogP contribution in [0.25, 0.3) is 29.5 Å². The predicted octanol–water partition coefficient (Wildman–Crippen LogP) is 6.09. The van der Waals surface area contributed by atoms with Gasteiger partial charge in [-0.25, -0.2) is 0 Å². The summed E-state index contributed by atoms with van der Waals surface area (Å²) in [7, 11) is 0. The molecule has 4 heterocycles. The smallest absolute Gasteiger partial charge is 0.225 e. The number of nitrogens with one attached hydrogen (secondary N) is 3. The molecule has 0 saturated heterocycles. The van der Waals surface area contributed by atoms with E-state index in [1.807, 2.05) is 24.3 Å². The summed E-state index contributed by atoms with van der Waals surface area (Å²) in [5, 5.41) is 40.8. The molecule has 0 amide bonds. The Kier molecular flexibility index (Phi) is 7.73. The van der Waals surface area contributed by atoms with E-state index in [0.717, 1.165) is 46.9 Å². The van der Waals surface area contributed by atoms with Crippen LogP contribution in [0.3, 0.4) is 0 Å². The van der Waals surface area contributed by atoms with Crippen molar-refractivity contribution in [1.82, 2.24) is 61.2 Å². The Morgan fingerprint density at radius 1 is 0.558 bits per heavy atom. The lowest BCUT2D eigenvalue weighted by Gasteiger charge is -2.34. The maximum absolute atomic E-state index is 4.44. The van der Waals surface area contributed by atoms with Crippen LogP contribution < -0.4 is 0 Å². The Balaban J connectivity index is 0.000000138. The van der Waals surface area contributed by atoms with Gasteiger partial charge < -0.3 is 0 Å². The number of hydrogen-bond donors (Lipinski definition) is 3. The first-order chi connectivity index (χ1) is 25.7. The van der Waals surface area contributed by atoms with Crippen molar-refractivity contribution in [3.63, 3.8) is 0 Å². The zero-order valence-corrected chi connectivity index (χ0v) is 27.9. The van der Waals surface area contributed by atoms with E-state index in [2.05, 4.69) is 178 Å². The number of benzene rings is 4. The fraction of sp³-hybridized carbons (Fsp3) is 0.100. The predicted molar refractivity (Wildman–Crippen MR) is 196 cm³/mol. The highest BCUT2D eigenvalue weighted by Crippen LogP contribution is 2.43. The molecule has 12 nitrogen and oxygen atoms in total. The molecule has 0 fully saturated rings. The number of tetrazole rings is 2. The summed E-state index contributed by atoms with van der Waals surface area (Å²) < 4.78 is 1.58. The minimum absolute atomic E-state index is 0.236. The maximum atomic E-state index is 4.44. The summed E-state index contributed by atoms with van der Waals surface area (Å²) >= 11 is 0. The average Bonchev–Trinajstić information content (AvgIpc) is 4.07. The summed E-state index contributed by atoms with van der Waals surface area (Å²) in [6, 6.07) is 42.3. The van der Waals surface area contributed by atoms with E-state index in [4.69, 9.17) is 0 Å². The van der Waals surface area contributed by atoms with Crippen LogP contribution in [0.15, 0.2) is 140 Å². The van der Waals surface area contributed by atoms with E-state index in [1.54, 1.807) is 11.0 Å². The standard InChI is InChI=1S/2C20H16N6/c1-3-7-15(8-4-1)20(16-9-5-2-6-10-16)12-11-17-18(13-20)22-23-19(17)26-14-21-24-25-26;1-3-7-14(8-4-1)20(15-9-5-2-6-10-15)12-11-16-17(13-20)21-22-18(16)19-23-25-26-24-19/h1-12,14H,13H2,(H,22,23);1-12H,13H2,(H,21,22)(H,23,24,25,26). The number of rotatable bonds is 6. The van der Waals surface area contributed by atoms with Gasteiger partial charge in [-0.3, -0.25) is 10.2 Å². The van der Waals surface area contributed by atoms with Crippen molar-refractivity contribution in [3.8, 4) is 17.3 Å². The Bertz CT molecular complexity index is 2190. The van der Waals surface area contributed by atoms with Crippen molar-refractivity contribution in [3.05, 3.63) is 185 Å². The van der Waals surface area contributed by atoms with Crippen molar-refractivity contribution in [1.29, 1.82) is 0 Å². The lowest BCUT2D eigenvalue weighted by atomic mass is 9.68. The van der Waals surface area contributed by atoms with Crippen LogP contribution in [-0.4, -0.2) is 61.2 Å². The molecule has 10 rings (SSSR count). The number of allylic oxidation sites excluding steroid dienone is 2. The first kappa shape index (κ1) is 30.9. The van der Waals surface area contributed by atoms with E-state index in [-0.39, 0.29) is 10.8 Å². The highest BCUT2D eigenvalue weighted by molar-refractivity contribution is 5.73. The molecule has 0 bridgehead atoms. The van der Waals surface area contributed by atoms with Gasteiger partial charge in [0.1, 0.15) is 12.0 Å². The molecule has 2 aliphatic carbocycles. The van der Waals surface area contributed by atoms with E-state index >= 15 is 0 Å². The molecule has 4 aromatic carbocycles. The van der Waals surface area contributed by atoms with Crippen molar-refractivity contribution >= 4 is 12.2 Å². The Labute approximate surface area is 298 Å². The van der Waals surface area contributed by atoms with Gasteiger partial charge in [0, 0.05) is 46.2 Å². The van der Waals surface area contributed by atoms with Gasteiger partial charge in [0.2, 0.25) is 5.82 Å². The van der Waals surface area contributed by atoms with Crippen molar-refractivity contribution < 1.29 is 0 Å². The van der Waals surface area contributed by atoms with Crippen molar-refractivity contribution in [2.24, 2.45) is 0 Å². The van der Waals surface area contributed by atoms with Gasteiger partial charge in [0.05, 0.1) is 0 Å². The van der Waals surface area contributed by atoms with Gasteiger partial charge in [-0.2, -0.15) is 20.1 Å². The third-order valence-corrected chi connectivity index (χ3v) is 10.0. The third kappa shape index (κ3) is 5.33. The van der Waals surface area contributed by atoms with E-state index in [9.17, 15) is 0 Å². The average molecular weight is 681 g/mol. The summed E-state index contributed by atoms with van der Waals surface area (Å²) in [4.78, 5) is 0. The summed E-state index contributed by atoms with van der Waals surface area (Å²) in [5.41, 5.74) is 9.46. The zero-order valence-electron chi connectivity index (χ0n) is 27.9. The second kappa shape index (κ2) is 13.0. The molecule has 4 aromatic heterocycles. The van der Waals surface area contributed by atoms with Gasteiger partial charge >= 0.3 is 0 Å². The van der Waals surface area contributed by atoms with Crippen LogP contribution in [0, 0.1) is 0 Å². The normalized spacial score (nSPS) is 14.9. The molecule has 12 heteroatoms. The highest BCUT2D eigenvalue weighted by Gasteiger charge is 2.38. The fourth-order valence-electron chi connectivity index (χ4n) is 7.45. The second-order valence-corrected chi connectivity index (χ2v) is 12.8. The Morgan fingerprint density at radius 3 is 1.54 bits per heavy atom. The number of hydrogen-bond acceptors (Lipinski definition) is 8. The van der Waals surface area contributed by atoms with Gasteiger partial charge in [-0.05, 0) is 37.9 Å². The molecule has 2 aliphatic rings. The molecule has 0 spiro atoms. The molecule has 0 unspecified atom stereocenters. The fourth-order valence-corrected chi connectivity index (χ4v) is 7.45. The van der Waals surface area contributed by atoms with Crippen LogP contribution in [0.2, 0.25) is 0 Å². The van der Waals surface area contributed by atoms with Gasteiger partial charge in [-0.1, -0.05) is 146 Å². The minimum atomic E-state index is -0.240. The molecule has 252 valence electrons. The largest absolute Gasteiger partial charge is 0.281 e. The van der Waals surface area contributed by atoms with E-state index in [0.29, 0.717) is 5.82 Å². The number of aromatic nitrogens is 12. The van der Waals surface area contributed by atoms with Gasteiger partial charge in [-0.15, -0.1) is 15.3 Å². The number of aromatic amines is 3. The monoisotopic (exact) mass is 680 g/mol. The van der Waals surface area contributed by atoms with Crippen LogP contribution in [-0.2, 0) is 23.7 Å². The van der Waals surface area contributed by atoms with Crippen LogP contribution in [0.1, 0.15) is 44.8 Å². The number of H-pyrrole nitrogens is 3. The van der Waals surface area contributed by atoms with Crippen LogP contribution >= 0.6 is 0 Å². The van der Waals surface area contributed by atoms with Crippen molar-refractivity contribution in [2.75, 3.05) is 0 Å². The maximum Gasteiger partial charge on any atom is 0.225 e. The van der Waals surface area contributed by atoms with Gasteiger partial charge in [0.15, 0.2) is 5.82 Å². The molecule has 0 saturated carbocycles. The molecule has 0 aliphatic heterocycles. The topological polar surface area (TPSA) is 155 Å². The van der Waals surface area contributed by atoms with E-state index < -0.39 is 0 Å². The number of nitrogens with zero attached hydrogens (tertiary/aromatic N) is 9. The summed E-state index contributed by atoms with van der Waals surface area (Å²) in [6.07, 6.45) is 11.9. The summed E-state index contributed by atoms with van der Waals surface area (Å²) in [5.74, 6) is 1.22. The first-order valence-corrected chi connectivity index (χ1v) is 17.0. The van der Waals surface area contributed by atoms with E-state index in [1.165, 1.54) is 22.3 Å². The lowest BCUT2D eigenvalue weighted by Crippen LogP contribution is -2.30. The Hall–Kier alpha value is -7.08. The van der Waals surface area contributed by atoms with Crippen molar-refractivity contribution in [2.45, 2.75) is 23.7 Å². The zero-order chi connectivity index (χ0) is 34.8. The molecule has 8 aromatic rings. The molecule has 0 radical (unpaired) electrons. The highest BCUT2D eigenvalue weighted by atomic mass is 15.5. The minimum Gasteiger partial charge on any atom is -0.281 e. The SMILES string of the molecule is C1=CC(c2ccccc2)(c2ccccc2)Cc2[nH]nc(-c3nn[nH]n3)c21.C1=CC(c2ccccc2)(c2ccccc2)Cc2[nH]nc(-n3cnnn3)c21. The third-order valence-electron chi connectivity index (χ3n) is 10.0. The Morgan fingerprint density at radius 2 is 1.06 bits per heavy atom. The van der Waals surface area contributed by atoms with Crippen LogP contribution in [0.4, 0.5) is 0 Å². The molecular weight excluding hydrogens is 649 g/mol. The molecular formula is C40H32N12. The van der Waals surface area contributed by atoms with Gasteiger partial charge in [0.25, 0.3) is 0 Å². The molecule has 0 atom stereocenters. The molecule has 52 heavy (non-hydrogen) atoms. The lowest BCUT2D eigenvalue weighted by molar-refractivity contribution is 0.620. The first-order valence-electron chi connectivity index (χ1n) is 17.0. The summed E-state index contributed by atoms with van der Waals surface area (Å²) in [6.45, 7) is 0. The second-order valence-electron chi connectivity index (χ2n) is 12.8. The van der Waals surface area contributed by atoms with Crippen LogP contribution in [0.5, 0.6) is 0 Å². The quantitative estimate of drug-likeness (QED) is 0.191. The number of fused-ring (bicyclic) bond motifs is 2.